The number of nitrogens with zero attached hydrogens (tertiary/aromatic N) is 6. The Morgan fingerprint density at radius 3 is 3.00 bits per heavy atom. The summed E-state index contributed by atoms with van der Waals surface area (Å²) in [5.41, 5.74) is 1.43. The first-order valence-electron chi connectivity index (χ1n) is 8.66. The van der Waals surface area contributed by atoms with Crippen LogP contribution in [0, 0.1) is 5.92 Å². The van der Waals surface area contributed by atoms with Crippen LogP contribution in [0.25, 0.3) is 16.0 Å². The molecule has 0 spiro atoms. The van der Waals surface area contributed by atoms with Gasteiger partial charge in [0.25, 0.3) is 5.78 Å². The summed E-state index contributed by atoms with van der Waals surface area (Å²) in [5, 5.41) is 16.7. The summed E-state index contributed by atoms with van der Waals surface area (Å²) in [6.07, 6.45) is 2.27. The van der Waals surface area contributed by atoms with E-state index >= 15 is 0 Å². The molecule has 0 atom stereocenters. The van der Waals surface area contributed by atoms with E-state index in [1.165, 1.54) is 22.2 Å². The third kappa shape index (κ3) is 2.63. The molecular formula is C16H23N7S. The molecule has 0 radical (unpaired) electrons. The number of tetrazole rings is 1. The van der Waals surface area contributed by atoms with Gasteiger partial charge in [0.2, 0.25) is 0 Å². The van der Waals surface area contributed by atoms with Gasteiger partial charge in [-0.3, -0.25) is 4.90 Å². The van der Waals surface area contributed by atoms with Gasteiger partial charge in [0, 0.05) is 24.5 Å². The van der Waals surface area contributed by atoms with Gasteiger partial charge in [-0.05, 0) is 41.3 Å². The fraction of sp³-hybridized carbons (Fsp3) is 0.625. The summed E-state index contributed by atoms with van der Waals surface area (Å²) in [6, 6.07) is 0. The van der Waals surface area contributed by atoms with Crippen LogP contribution < -0.4 is 5.32 Å². The second-order valence-electron chi connectivity index (χ2n) is 6.84. The van der Waals surface area contributed by atoms with Crippen molar-refractivity contribution in [2.75, 3.05) is 25.0 Å². The monoisotopic (exact) mass is 345 g/mol. The molecule has 1 aliphatic heterocycles. The number of thiophene rings is 1. The first kappa shape index (κ1) is 15.7. The summed E-state index contributed by atoms with van der Waals surface area (Å²) in [7, 11) is 0. The first-order chi connectivity index (χ1) is 11.7. The minimum Gasteiger partial charge on any atom is -0.369 e. The predicted molar refractivity (Wildman–Crippen MR) is 96.6 cm³/mol. The van der Waals surface area contributed by atoms with Crippen molar-refractivity contribution in [2.45, 2.75) is 40.2 Å². The highest BCUT2D eigenvalue weighted by Gasteiger charge is 2.25. The molecule has 1 N–H and O–H groups in total. The van der Waals surface area contributed by atoms with Crippen LogP contribution in [0.1, 0.15) is 37.6 Å². The lowest BCUT2D eigenvalue weighted by molar-refractivity contribution is 0.258. The van der Waals surface area contributed by atoms with Crippen molar-refractivity contribution in [1.82, 2.24) is 29.9 Å². The number of anilines is 1. The Morgan fingerprint density at radius 2 is 2.21 bits per heavy atom. The molecule has 0 amide bonds. The molecule has 0 fully saturated rings. The zero-order valence-corrected chi connectivity index (χ0v) is 15.2. The van der Waals surface area contributed by atoms with E-state index in [1.54, 1.807) is 4.52 Å². The van der Waals surface area contributed by atoms with E-state index < -0.39 is 0 Å². The number of hydrogen-bond donors (Lipinski definition) is 1. The molecule has 24 heavy (non-hydrogen) atoms. The average Bonchev–Trinajstić information content (AvgIpc) is 3.16. The van der Waals surface area contributed by atoms with Gasteiger partial charge in [0.1, 0.15) is 10.6 Å². The lowest BCUT2D eigenvalue weighted by Gasteiger charge is -2.26. The van der Waals surface area contributed by atoms with Gasteiger partial charge in [-0.15, -0.1) is 11.3 Å². The van der Waals surface area contributed by atoms with E-state index in [-0.39, 0.29) is 0 Å². The van der Waals surface area contributed by atoms with Crippen molar-refractivity contribution in [3.8, 4) is 0 Å². The highest BCUT2D eigenvalue weighted by Crippen LogP contribution is 2.38. The Labute approximate surface area is 145 Å². The maximum absolute atomic E-state index is 4.68. The van der Waals surface area contributed by atoms with E-state index in [9.17, 15) is 0 Å². The van der Waals surface area contributed by atoms with Crippen molar-refractivity contribution in [3.63, 3.8) is 0 Å². The Kier molecular flexibility index (Phi) is 4.09. The predicted octanol–water partition coefficient (Wildman–Crippen LogP) is 2.57. The van der Waals surface area contributed by atoms with E-state index in [4.69, 9.17) is 0 Å². The van der Waals surface area contributed by atoms with Crippen molar-refractivity contribution < 1.29 is 0 Å². The summed E-state index contributed by atoms with van der Waals surface area (Å²) < 4.78 is 1.78. The average molecular weight is 345 g/mol. The van der Waals surface area contributed by atoms with Gasteiger partial charge in [-0.1, -0.05) is 25.9 Å². The molecule has 0 saturated carbocycles. The number of hydrogen-bond acceptors (Lipinski definition) is 7. The second-order valence-corrected chi connectivity index (χ2v) is 7.92. The Morgan fingerprint density at radius 1 is 1.33 bits per heavy atom. The van der Waals surface area contributed by atoms with E-state index in [0.29, 0.717) is 11.7 Å². The minimum absolute atomic E-state index is 0.559. The van der Waals surface area contributed by atoms with Crippen LogP contribution in [0.2, 0.25) is 0 Å². The molecular weight excluding hydrogens is 322 g/mol. The van der Waals surface area contributed by atoms with Gasteiger partial charge in [0.15, 0.2) is 0 Å². The third-order valence-corrected chi connectivity index (χ3v) is 5.62. The van der Waals surface area contributed by atoms with Crippen LogP contribution in [0.3, 0.4) is 0 Å². The highest BCUT2D eigenvalue weighted by molar-refractivity contribution is 7.19. The van der Waals surface area contributed by atoms with Crippen molar-refractivity contribution >= 4 is 33.1 Å². The number of nitrogens with one attached hydrogen (secondary N) is 1. The second kappa shape index (κ2) is 6.25. The van der Waals surface area contributed by atoms with Gasteiger partial charge in [-0.2, -0.15) is 9.50 Å². The largest absolute Gasteiger partial charge is 0.369 e. The topological polar surface area (TPSA) is 71.2 Å². The number of aromatic nitrogens is 5. The molecule has 4 rings (SSSR count). The normalized spacial score (nSPS) is 15.5. The number of rotatable bonds is 5. The smallest absolute Gasteiger partial charge is 0.276 e. The van der Waals surface area contributed by atoms with Crippen LogP contribution in [-0.4, -0.2) is 49.6 Å². The maximum Gasteiger partial charge on any atom is 0.276 e. The Balaban J connectivity index is 1.85. The van der Waals surface area contributed by atoms with Gasteiger partial charge in [0.05, 0.1) is 5.39 Å². The van der Waals surface area contributed by atoms with Gasteiger partial charge < -0.3 is 5.32 Å². The van der Waals surface area contributed by atoms with Crippen LogP contribution in [0.5, 0.6) is 0 Å². The molecule has 3 aromatic heterocycles. The molecule has 0 saturated heterocycles. The molecule has 3 aromatic rings. The molecule has 0 unspecified atom stereocenters. The Hall–Kier alpha value is -1.80. The summed E-state index contributed by atoms with van der Waals surface area (Å²) in [6.45, 7) is 10.8. The molecule has 128 valence electrons. The fourth-order valence-corrected chi connectivity index (χ4v) is 4.65. The number of fused-ring (bicyclic) bond motifs is 5. The molecule has 0 bridgehead atoms. The van der Waals surface area contributed by atoms with Gasteiger partial charge in [-0.25, -0.2) is 0 Å². The molecule has 7 nitrogen and oxygen atoms in total. The summed E-state index contributed by atoms with van der Waals surface area (Å²) in [5.74, 6) is 2.06. The van der Waals surface area contributed by atoms with E-state index in [0.717, 1.165) is 43.2 Å². The molecule has 4 heterocycles. The van der Waals surface area contributed by atoms with Crippen molar-refractivity contribution in [1.29, 1.82) is 0 Å². The van der Waals surface area contributed by atoms with Gasteiger partial charge >= 0.3 is 0 Å². The van der Waals surface area contributed by atoms with Crippen molar-refractivity contribution in [3.05, 3.63) is 10.4 Å². The maximum atomic E-state index is 4.68. The first-order valence-corrected chi connectivity index (χ1v) is 9.47. The standard InChI is InChI=1S/C16H23N7S/c1-4-6-22-7-5-11-12(9-22)24-15-13(11)14(17-8-10(2)3)18-16-19-20-21-23(15)16/h10H,4-9H2,1-3H3,(H,17,18,19,21). The molecule has 0 aromatic carbocycles. The lowest BCUT2D eigenvalue weighted by atomic mass is 10.0. The summed E-state index contributed by atoms with van der Waals surface area (Å²) >= 11 is 1.81. The lowest BCUT2D eigenvalue weighted by Crippen LogP contribution is -2.30. The van der Waals surface area contributed by atoms with Crippen LogP contribution in [0.4, 0.5) is 5.82 Å². The van der Waals surface area contributed by atoms with E-state index in [1.807, 2.05) is 11.3 Å². The highest BCUT2D eigenvalue weighted by atomic mass is 32.1. The van der Waals surface area contributed by atoms with Crippen molar-refractivity contribution in [2.24, 2.45) is 5.92 Å². The Bertz CT molecular complexity index is 866. The van der Waals surface area contributed by atoms with Crippen LogP contribution in [0.15, 0.2) is 0 Å². The zero-order valence-electron chi connectivity index (χ0n) is 14.4. The van der Waals surface area contributed by atoms with E-state index in [2.05, 4.69) is 51.5 Å². The SMILES string of the molecule is CCCN1CCc2c(sc3c2c(NCC(C)C)nc2nnnn23)C1. The zero-order chi connectivity index (χ0) is 16.7. The van der Waals surface area contributed by atoms with Crippen LogP contribution in [-0.2, 0) is 13.0 Å². The summed E-state index contributed by atoms with van der Waals surface area (Å²) in [4.78, 5) is 9.75. The molecule has 8 heteroatoms. The fourth-order valence-electron chi connectivity index (χ4n) is 3.31. The molecule has 0 aliphatic carbocycles. The van der Waals surface area contributed by atoms with Crippen LogP contribution >= 0.6 is 11.3 Å². The third-order valence-electron chi connectivity index (χ3n) is 4.43. The minimum atomic E-state index is 0.559. The quantitative estimate of drug-likeness (QED) is 0.766. The molecule has 1 aliphatic rings.